The van der Waals surface area contributed by atoms with Crippen molar-refractivity contribution in [2.24, 2.45) is 17.8 Å². The Morgan fingerprint density at radius 2 is 2.04 bits per heavy atom. The van der Waals surface area contributed by atoms with Gasteiger partial charge in [-0.3, -0.25) is 4.79 Å². The Hall–Kier alpha value is -1.75. The molecule has 0 aromatic heterocycles. The Labute approximate surface area is 136 Å². The maximum atomic E-state index is 11.7. The van der Waals surface area contributed by atoms with Crippen LogP contribution in [-0.2, 0) is 9.53 Å². The van der Waals surface area contributed by atoms with Gasteiger partial charge in [-0.1, -0.05) is 26.0 Å². The molecule has 5 nitrogen and oxygen atoms in total. The SMILES string of the molecule is CC(C)[C@H]1O[C@H]2c3cccc(O)c3OC(C)(C)[C@@H]2C[C@H]1C(=O)O. The summed E-state index contributed by atoms with van der Waals surface area (Å²) in [6, 6.07) is 5.25. The van der Waals surface area contributed by atoms with E-state index in [2.05, 4.69) is 0 Å². The highest BCUT2D eigenvalue weighted by Gasteiger charge is 2.53. The fourth-order valence-electron chi connectivity index (χ4n) is 3.91. The summed E-state index contributed by atoms with van der Waals surface area (Å²) in [5, 5.41) is 19.7. The molecular formula is C18H24O5. The van der Waals surface area contributed by atoms with Crippen molar-refractivity contribution in [1.29, 1.82) is 0 Å². The molecule has 1 fully saturated rings. The standard InChI is InChI=1S/C18H24O5/c1-9(2)14-11(17(20)21)8-12-15(22-14)10-6-5-7-13(19)16(10)23-18(12,3)4/h5-7,9,11-12,14-15,19H,8H2,1-4H3,(H,20,21)/t11-,12-,14-,15+/m1/s1. The first-order chi connectivity index (χ1) is 10.7. The molecule has 0 aliphatic carbocycles. The number of carbonyl (C=O) groups is 1. The Bertz CT molecular complexity index is 622. The molecule has 1 aromatic carbocycles. The number of phenolic OH excluding ortho intramolecular Hbond substituents is 1. The minimum atomic E-state index is -0.820. The van der Waals surface area contributed by atoms with Crippen LogP contribution in [0.1, 0.15) is 45.8 Å². The van der Waals surface area contributed by atoms with E-state index in [0.29, 0.717) is 12.2 Å². The Morgan fingerprint density at radius 1 is 1.35 bits per heavy atom. The number of fused-ring (bicyclic) bond motifs is 3. The normalized spacial score (nSPS) is 31.9. The van der Waals surface area contributed by atoms with Crippen molar-refractivity contribution in [2.75, 3.05) is 0 Å². The van der Waals surface area contributed by atoms with Crippen LogP contribution >= 0.6 is 0 Å². The van der Waals surface area contributed by atoms with Gasteiger partial charge in [0, 0.05) is 11.5 Å². The highest BCUT2D eigenvalue weighted by atomic mass is 16.5. The first-order valence-corrected chi connectivity index (χ1v) is 8.11. The fraction of sp³-hybridized carbons (Fsp3) is 0.611. The van der Waals surface area contributed by atoms with Crippen LogP contribution in [0, 0.1) is 17.8 Å². The molecule has 0 spiro atoms. The third-order valence-electron chi connectivity index (χ3n) is 5.14. The largest absolute Gasteiger partial charge is 0.504 e. The summed E-state index contributed by atoms with van der Waals surface area (Å²) in [6.07, 6.45) is -0.105. The third kappa shape index (κ3) is 2.57. The molecule has 4 atom stereocenters. The van der Waals surface area contributed by atoms with Gasteiger partial charge in [0.25, 0.3) is 0 Å². The van der Waals surface area contributed by atoms with Crippen LogP contribution in [0.4, 0.5) is 0 Å². The van der Waals surface area contributed by atoms with E-state index in [0.717, 1.165) is 5.56 Å². The molecule has 0 amide bonds. The summed E-state index contributed by atoms with van der Waals surface area (Å²) in [4.78, 5) is 11.7. The van der Waals surface area contributed by atoms with Crippen molar-refractivity contribution in [3.05, 3.63) is 23.8 Å². The summed E-state index contributed by atoms with van der Waals surface area (Å²) >= 11 is 0. The van der Waals surface area contributed by atoms with Gasteiger partial charge in [-0.2, -0.15) is 0 Å². The van der Waals surface area contributed by atoms with Gasteiger partial charge < -0.3 is 19.7 Å². The van der Waals surface area contributed by atoms with Gasteiger partial charge >= 0.3 is 5.97 Å². The lowest BCUT2D eigenvalue weighted by molar-refractivity contribution is -0.196. The highest BCUT2D eigenvalue weighted by molar-refractivity contribution is 5.71. The van der Waals surface area contributed by atoms with Crippen LogP contribution in [0.15, 0.2) is 18.2 Å². The summed E-state index contributed by atoms with van der Waals surface area (Å²) in [5.74, 6) is -0.789. The van der Waals surface area contributed by atoms with Crippen LogP contribution in [0.25, 0.3) is 0 Å². The quantitative estimate of drug-likeness (QED) is 0.874. The second-order valence-electron chi connectivity index (χ2n) is 7.45. The zero-order valence-electron chi connectivity index (χ0n) is 13.9. The molecule has 5 heteroatoms. The number of phenols is 1. The number of hydrogen-bond acceptors (Lipinski definition) is 4. The van der Waals surface area contributed by atoms with Crippen LogP contribution in [0.3, 0.4) is 0 Å². The van der Waals surface area contributed by atoms with Gasteiger partial charge in [0.2, 0.25) is 0 Å². The molecule has 2 aliphatic heterocycles. The van der Waals surface area contributed by atoms with E-state index in [1.165, 1.54) is 0 Å². The van der Waals surface area contributed by atoms with Crippen LogP contribution in [0.2, 0.25) is 0 Å². The number of ether oxygens (including phenoxy) is 2. The smallest absolute Gasteiger partial charge is 0.309 e. The van der Waals surface area contributed by atoms with Crippen molar-refractivity contribution in [3.63, 3.8) is 0 Å². The maximum absolute atomic E-state index is 11.7. The van der Waals surface area contributed by atoms with Gasteiger partial charge in [-0.15, -0.1) is 0 Å². The van der Waals surface area contributed by atoms with E-state index in [1.807, 2.05) is 33.8 Å². The van der Waals surface area contributed by atoms with Crippen molar-refractivity contribution < 1.29 is 24.5 Å². The van der Waals surface area contributed by atoms with Crippen LogP contribution in [-0.4, -0.2) is 27.9 Å². The fourth-order valence-corrected chi connectivity index (χ4v) is 3.91. The Morgan fingerprint density at radius 3 is 2.65 bits per heavy atom. The summed E-state index contributed by atoms with van der Waals surface area (Å²) in [5.41, 5.74) is 0.204. The molecule has 23 heavy (non-hydrogen) atoms. The lowest BCUT2D eigenvalue weighted by Crippen LogP contribution is -2.53. The van der Waals surface area contributed by atoms with Gasteiger partial charge in [-0.05, 0) is 32.3 Å². The van der Waals surface area contributed by atoms with E-state index in [-0.39, 0.29) is 29.8 Å². The van der Waals surface area contributed by atoms with Gasteiger partial charge in [-0.25, -0.2) is 0 Å². The minimum absolute atomic E-state index is 0.0760. The summed E-state index contributed by atoms with van der Waals surface area (Å²) in [7, 11) is 0. The highest BCUT2D eigenvalue weighted by Crippen LogP contribution is 2.54. The molecule has 3 rings (SSSR count). The predicted octanol–water partition coefficient (Wildman–Crippen LogP) is 3.37. The molecule has 2 aliphatic rings. The molecule has 0 bridgehead atoms. The topological polar surface area (TPSA) is 76.0 Å². The number of carboxylic acids is 1. The molecule has 1 aromatic rings. The zero-order chi connectivity index (χ0) is 16.9. The number of carboxylic acid groups (broad SMARTS) is 1. The zero-order valence-corrected chi connectivity index (χ0v) is 13.9. The number of hydrogen-bond donors (Lipinski definition) is 2. The third-order valence-corrected chi connectivity index (χ3v) is 5.14. The van der Waals surface area contributed by atoms with E-state index < -0.39 is 17.5 Å². The first-order valence-electron chi connectivity index (χ1n) is 8.11. The van der Waals surface area contributed by atoms with E-state index >= 15 is 0 Å². The average Bonchev–Trinajstić information content (AvgIpc) is 2.47. The lowest BCUT2D eigenvalue weighted by atomic mass is 9.70. The maximum Gasteiger partial charge on any atom is 0.309 e. The molecule has 2 heterocycles. The van der Waals surface area contributed by atoms with Gasteiger partial charge in [0.05, 0.1) is 18.1 Å². The Kier molecular flexibility index (Phi) is 3.79. The van der Waals surface area contributed by atoms with Crippen molar-refractivity contribution in [2.45, 2.75) is 51.9 Å². The van der Waals surface area contributed by atoms with E-state index in [9.17, 15) is 15.0 Å². The number of rotatable bonds is 2. The number of aliphatic carboxylic acids is 1. The number of para-hydroxylation sites is 1. The van der Waals surface area contributed by atoms with Crippen molar-refractivity contribution >= 4 is 5.97 Å². The Balaban J connectivity index is 2.06. The number of benzene rings is 1. The molecule has 0 saturated carbocycles. The van der Waals surface area contributed by atoms with Crippen LogP contribution in [0.5, 0.6) is 11.5 Å². The predicted molar refractivity (Wildman–Crippen MR) is 84.5 cm³/mol. The van der Waals surface area contributed by atoms with Crippen LogP contribution < -0.4 is 4.74 Å². The molecule has 126 valence electrons. The molecule has 2 N–H and O–H groups in total. The molecular weight excluding hydrogens is 296 g/mol. The van der Waals surface area contributed by atoms with Gasteiger partial charge in [0.1, 0.15) is 5.60 Å². The lowest BCUT2D eigenvalue weighted by Gasteiger charge is -2.51. The van der Waals surface area contributed by atoms with E-state index in [1.54, 1.807) is 12.1 Å². The van der Waals surface area contributed by atoms with Crippen molar-refractivity contribution in [1.82, 2.24) is 0 Å². The molecule has 0 unspecified atom stereocenters. The monoisotopic (exact) mass is 320 g/mol. The average molecular weight is 320 g/mol. The second-order valence-corrected chi connectivity index (χ2v) is 7.45. The number of aromatic hydroxyl groups is 1. The molecule has 1 saturated heterocycles. The summed E-state index contributed by atoms with van der Waals surface area (Å²) < 4.78 is 12.3. The summed E-state index contributed by atoms with van der Waals surface area (Å²) in [6.45, 7) is 7.82. The van der Waals surface area contributed by atoms with E-state index in [4.69, 9.17) is 9.47 Å². The van der Waals surface area contributed by atoms with Gasteiger partial charge in [0.15, 0.2) is 11.5 Å². The second kappa shape index (κ2) is 5.41. The minimum Gasteiger partial charge on any atom is -0.504 e. The van der Waals surface area contributed by atoms with Crippen molar-refractivity contribution in [3.8, 4) is 11.5 Å². The molecule has 0 radical (unpaired) electrons. The first kappa shape index (κ1) is 16.1.